The van der Waals surface area contributed by atoms with Crippen molar-refractivity contribution in [3.63, 3.8) is 0 Å². The average Bonchev–Trinajstić information content (AvgIpc) is 2.61. The number of hydrogen-bond donors (Lipinski definition) is 1. The van der Waals surface area contributed by atoms with Gasteiger partial charge in [0, 0.05) is 30.2 Å². The molecular formula is C19H25NO5S. The number of ether oxygens (including phenoxy) is 2. The number of aliphatic hydroxyl groups is 1. The zero-order chi connectivity index (χ0) is 18.8. The minimum Gasteiger partial charge on any atom is -0.496 e. The molecule has 0 saturated carbocycles. The first-order valence-corrected chi connectivity index (χ1v) is 9.70. The van der Waals surface area contributed by atoms with Gasteiger partial charge in [-0.15, -0.1) is 0 Å². The van der Waals surface area contributed by atoms with Crippen molar-refractivity contribution in [1.29, 1.82) is 0 Å². The summed E-state index contributed by atoms with van der Waals surface area (Å²) in [7, 11) is 5.08. The molecule has 0 amide bonds. The highest BCUT2D eigenvalue weighted by atomic mass is 32.2. The highest BCUT2D eigenvalue weighted by molar-refractivity contribution is 7.99. The van der Waals surface area contributed by atoms with Crippen LogP contribution in [0.5, 0.6) is 11.5 Å². The van der Waals surface area contributed by atoms with Gasteiger partial charge in [0.2, 0.25) is 0 Å². The molecule has 1 aliphatic rings. The quantitative estimate of drug-likeness (QED) is 0.801. The Labute approximate surface area is 157 Å². The summed E-state index contributed by atoms with van der Waals surface area (Å²) in [5.41, 5.74) is 1.06. The number of likely N-dealkylation sites (N-methyl/N-ethyl adjacent to an activating group) is 1. The Morgan fingerprint density at radius 3 is 2.65 bits per heavy atom. The molecule has 26 heavy (non-hydrogen) atoms. The highest BCUT2D eigenvalue weighted by Crippen LogP contribution is 2.43. The summed E-state index contributed by atoms with van der Waals surface area (Å²) in [4.78, 5) is 14.8. The molecule has 0 spiro atoms. The van der Waals surface area contributed by atoms with Crippen molar-refractivity contribution < 1.29 is 19.0 Å². The van der Waals surface area contributed by atoms with Crippen molar-refractivity contribution in [1.82, 2.24) is 4.90 Å². The molecule has 0 radical (unpaired) electrons. The molecule has 6 nitrogen and oxygen atoms in total. The zero-order valence-corrected chi connectivity index (χ0v) is 16.4. The number of benzene rings is 1. The number of rotatable bonds is 5. The van der Waals surface area contributed by atoms with Crippen LogP contribution in [0.3, 0.4) is 0 Å². The van der Waals surface area contributed by atoms with E-state index < -0.39 is 6.10 Å². The monoisotopic (exact) mass is 379 g/mol. The van der Waals surface area contributed by atoms with Gasteiger partial charge in [0.15, 0.2) is 10.5 Å². The average molecular weight is 379 g/mol. The van der Waals surface area contributed by atoms with Crippen LogP contribution in [0.15, 0.2) is 26.4 Å². The maximum absolute atomic E-state index is 12.8. The molecule has 1 saturated heterocycles. The topological polar surface area (TPSA) is 72.1 Å². The fourth-order valence-corrected chi connectivity index (χ4v) is 4.21. The molecule has 0 bridgehead atoms. The number of nitrogens with zero attached hydrogens (tertiary/aromatic N) is 1. The van der Waals surface area contributed by atoms with Gasteiger partial charge in [-0.1, -0.05) is 18.7 Å². The van der Waals surface area contributed by atoms with Crippen molar-refractivity contribution in [2.75, 3.05) is 40.1 Å². The number of aliphatic hydroxyl groups excluding tert-OH is 1. The van der Waals surface area contributed by atoms with E-state index in [-0.39, 0.29) is 11.3 Å². The van der Waals surface area contributed by atoms with Gasteiger partial charge in [0.25, 0.3) is 0 Å². The molecule has 1 aromatic heterocycles. The highest BCUT2D eigenvalue weighted by Gasteiger charge is 2.33. The minimum atomic E-state index is -0.563. The molecule has 2 heterocycles. The smallest absolute Gasteiger partial charge is 0.197 e. The second-order valence-corrected chi connectivity index (χ2v) is 7.75. The predicted octanol–water partition coefficient (Wildman–Crippen LogP) is 2.70. The maximum atomic E-state index is 12.8. The molecule has 1 N–H and O–H groups in total. The molecule has 142 valence electrons. The van der Waals surface area contributed by atoms with Crippen molar-refractivity contribution >= 4 is 22.7 Å². The number of likely N-dealkylation sites (tertiary alicyclic amines) is 1. The van der Waals surface area contributed by atoms with Gasteiger partial charge in [0.05, 0.1) is 20.3 Å². The lowest BCUT2D eigenvalue weighted by molar-refractivity contribution is 0.0630. The van der Waals surface area contributed by atoms with E-state index in [0.29, 0.717) is 34.1 Å². The summed E-state index contributed by atoms with van der Waals surface area (Å²) >= 11 is 1.47. The van der Waals surface area contributed by atoms with Crippen LogP contribution < -0.4 is 14.9 Å². The molecule has 1 aromatic carbocycles. The third-order valence-corrected chi connectivity index (χ3v) is 5.60. The third-order valence-electron chi connectivity index (χ3n) is 4.83. The van der Waals surface area contributed by atoms with E-state index in [2.05, 4.69) is 4.90 Å². The van der Waals surface area contributed by atoms with E-state index in [1.807, 2.05) is 14.0 Å². The summed E-state index contributed by atoms with van der Waals surface area (Å²) in [5, 5.41) is 11.6. The Hall–Kier alpha value is -1.70. The summed E-state index contributed by atoms with van der Waals surface area (Å²) in [6.07, 6.45) is 0.191. The van der Waals surface area contributed by atoms with Crippen LogP contribution in [0, 0.1) is 0 Å². The van der Waals surface area contributed by atoms with Crippen LogP contribution >= 0.6 is 11.8 Å². The minimum absolute atomic E-state index is 0.148. The third kappa shape index (κ3) is 3.43. The largest absolute Gasteiger partial charge is 0.496 e. The van der Waals surface area contributed by atoms with Gasteiger partial charge in [-0.3, -0.25) is 4.79 Å². The number of thioether (sulfide) groups is 1. The summed E-state index contributed by atoms with van der Waals surface area (Å²) in [5.74, 6) is 1.62. The molecule has 1 aliphatic heterocycles. The number of piperidine rings is 1. The van der Waals surface area contributed by atoms with Crippen molar-refractivity contribution in [3.8, 4) is 11.5 Å². The molecule has 7 heteroatoms. The maximum Gasteiger partial charge on any atom is 0.197 e. The molecule has 0 unspecified atom stereocenters. The first-order chi connectivity index (χ1) is 12.5. The van der Waals surface area contributed by atoms with Gasteiger partial charge in [-0.2, -0.15) is 0 Å². The van der Waals surface area contributed by atoms with E-state index in [4.69, 9.17) is 13.9 Å². The molecule has 0 aliphatic carbocycles. The Kier molecular flexibility index (Phi) is 5.79. The Bertz CT molecular complexity index is 850. The molecule has 2 atom stereocenters. The zero-order valence-electron chi connectivity index (χ0n) is 15.6. The molecular weight excluding hydrogens is 354 g/mol. The van der Waals surface area contributed by atoms with Crippen LogP contribution in [0.1, 0.15) is 24.8 Å². The lowest BCUT2D eigenvalue weighted by atomic mass is 9.85. The molecule has 1 fully saturated rings. The van der Waals surface area contributed by atoms with Crippen LogP contribution in [-0.2, 0) is 0 Å². The van der Waals surface area contributed by atoms with Gasteiger partial charge in [-0.25, -0.2) is 0 Å². The van der Waals surface area contributed by atoms with E-state index >= 15 is 0 Å². The van der Waals surface area contributed by atoms with Crippen molar-refractivity contribution in [2.24, 2.45) is 0 Å². The Morgan fingerprint density at radius 1 is 1.31 bits per heavy atom. The van der Waals surface area contributed by atoms with Gasteiger partial charge >= 0.3 is 0 Å². The Morgan fingerprint density at radius 2 is 2.04 bits per heavy atom. The van der Waals surface area contributed by atoms with E-state index in [1.165, 1.54) is 24.9 Å². The lowest BCUT2D eigenvalue weighted by Crippen LogP contribution is -2.40. The van der Waals surface area contributed by atoms with Crippen LogP contribution in [0.25, 0.3) is 11.0 Å². The van der Waals surface area contributed by atoms with Crippen LogP contribution in [0.4, 0.5) is 0 Å². The SMILES string of the molecule is CCSc1cc(=O)c2c(OC)cc(OC)c([C@H]3CCN(C)C[C@H]3O)c2o1. The first-order valence-electron chi connectivity index (χ1n) is 8.72. The summed E-state index contributed by atoms with van der Waals surface area (Å²) in [6.45, 7) is 3.42. The molecule has 2 aromatic rings. The van der Waals surface area contributed by atoms with Gasteiger partial charge in [0.1, 0.15) is 22.5 Å². The molecule has 3 rings (SSSR count). The first kappa shape index (κ1) is 19.1. The fraction of sp³-hybridized carbons (Fsp3) is 0.526. The second-order valence-electron chi connectivity index (χ2n) is 6.49. The lowest BCUT2D eigenvalue weighted by Gasteiger charge is -2.34. The standard InChI is InChI=1S/C19H25NO5S/c1-5-26-16-8-12(21)18-15(24-4)9-14(23-3)17(19(18)25-16)11-6-7-20(2)10-13(11)22/h8-9,11,13,22H,5-7,10H2,1-4H3/t11-,13+/m0/s1. The van der Waals surface area contributed by atoms with Gasteiger partial charge in [-0.05, 0) is 25.8 Å². The van der Waals surface area contributed by atoms with E-state index in [1.54, 1.807) is 13.2 Å². The number of hydrogen-bond acceptors (Lipinski definition) is 7. The van der Waals surface area contributed by atoms with E-state index in [0.717, 1.165) is 24.3 Å². The number of β-amino-alcohol motifs (C(OH)–C–C–N with tert-alkyl or cyclic N) is 1. The van der Waals surface area contributed by atoms with Crippen molar-refractivity contribution in [3.05, 3.63) is 27.9 Å². The number of fused-ring (bicyclic) bond motifs is 1. The van der Waals surface area contributed by atoms with Crippen LogP contribution in [-0.4, -0.2) is 56.2 Å². The predicted molar refractivity (Wildman–Crippen MR) is 103 cm³/mol. The normalized spacial score (nSPS) is 21.1. The summed E-state index contributed by atoms with van der Waals surface area (Å²) < 4.78 is 17.1. The fourth-order valence-electron chi connectivity index (χ4n) is 3.60. The van der Waals surface area contributed by atoms with Crippen LogP contribution in [0.2, 0.25) is 0 Å². The van der Waals surface area contributed by atoms with Gasteiger partial charge < -0.3 is 23.9 Å². The number of methoxy groups -OCH3 is 2. The second kappa shape index (κ2) is 7.90. The Balaban J connectivity index is 2.30. The summed E-state index contributed by atoms with van der Waals surface area (Å²) in [6, 6.07) is 3.21. The van der Waals surface area contributed by atoms with E-state index in [9.17, 15) is 9.90 Å². The van der Waals surface area contributed by atoms with Crippen molar-refractivity contribution in [2.45, 2.75) is 30.5 Å².